The topological polar surface area (TPSA) is 29.1 Å². The van der Waals surface area contributed by atoms with Gasteiger partial charge in [0.2, 0.25) is 0 Å². The van der Waals surface area contributed by atoms with Gasteiger partial charge in [0.15, 0.2) is 5.54 Å². The molecular weight excluding hydrogens is 299 g/mol. The molecule has 0 spiro atoms. The molecule has 2 nitrogen and oxygen atoms in total. The minimum atomic E-state index is -4.61. The molecule has 1 rings (SSSR count). The first kappa shape index (κ1) is 17.9. The molecule has 2 atom stereocenters. The number of hydrogen-bond donors (Lipinski definition) is 1. The van der Waals surface area contributed by atoms with Gasteiger partial charge in [0, 0.05) is 0 Å². The Hall–Kier alpha value is -1.14. The first-order chi connectivity index (χ1) is 9.54. The standard InChI is InChI=1S/C15H20F3NOS/c1-5-11-14(15(16,17)18,12-9-7-6-8-10-12)19-21(20)13(2,3)4/h5-10,19H,1,11H2,2-4H3/t14-,21?/m0/s1. The van der Waals surface area contributed by atoms with E-state index in [1.165, 1.54) is 30.3 Å². The molecule has 0 aromatic heterocycles. The maximum atomic E-state index is 13.8. The van der Waals surface area contributed by atoms with Gasteiger partial charge in [-0.05, 0) is 32.8 Å². The second kappa shape index (κ2) is 6.32. The number of hydrogen-bond acceptors (Lipinski definition) is 1. The van der Waals surface area contributed by atoms with Crippen molar-refractivity contribution in [3.8, 4) is 0 Å². The highest BCUT2D eigenvalue weighted by molar-refractivity contribution is 7.84. The van der Waals surface area contributed by atoms with E-state index in [4.69, 9.17) is 0 Å². The van der Waals surface area contributed by atoms with Crippen LogP contribution in [-0.4, -0.2) is 15.1 Å². The fourth-order valence-electron chi connectivity index (χ4n) is 1.81. The molecule has 0 aliphatic carbocycles. The van der Waals surface area contributed by atoms with Crippen LogP contribution < -0.4 is 4.72 Å². The maximum Gasteiger partial charge on any atom is 0.411 e. The van der Waals surface area contributed by atoms with E-state index < -0.39 is 33.9 Å². The van der Waals surface area contributed by atoms with Crippen LogP contribution in [0.25, 0.3) is 0 Å². The molecule has 6 heteroatoms. The van der Waals surface area contributed by atoms with Crippen LogP contribution in [0.15, 0.2) is 43.0 Å². The van der Waals surface area contributed by atoms with E-state index >= 15 is 0 Å². The Labute approximate surface area is 126 Å². The summed E-state index contributed by atoms with van der Waals surface area (Å²) in [5, 5.41) is 0. The van der Waals surface area contributed by atoms with E-state index in [1.807, 2.05) is 0 Å². The first-order valence-electron chi connectivity index (χ1n) is 6.47. The lowest BCUT2D eigenvalue weighted by Gasteiger charge is -2.37. The molecule has 1 aromatic rings. The number of rotatable bonds is 5. The summed E-state index contributed by atoms with van der Waals surface area (Å²) in [6.07, 6.45) is -3.82. The molecule has 0 bridgehead atoms. The van der Waals surface area contributed by atoms with E-state index in [1.54, 1.807) is 26.8 Å². The average Bonchev–Trinajstić information content (AvgIpc) is 2.36. The van der Waals surface area contributed by atoms with Gasteiger partial charge in [-0.3, -0.25) is 0 Å². The fraction of sp³-hybridized carbons (Fsp3) is 0.467. The second-order valence-corrected chi connectivity index (χ2v) is 7.71. The summed E-state index contributed by atoms with van der Waals surface area (Å²) < 4.78 is 55.0. The van der Waals surface area contributed by atoms with Crippen LogP contribution in [0, 0.1) is 0 Å². The molecule has 0 fully saturated rings. The van der Waals surface area contributed by atoms with Crippen molar-refractivity contribution in [2.75, 3.05) is 0 Å². The van der Waals surface area contributed by atoms with Gasteiger partial charge in [-0.2, -0.15) is 13.2 Å². The van der Waals surface area contributed by atoms with Crippen molar-refractivity contribution >= 4 is 11.0 Å². The number of nitrogens with one attached hydrogen (secondary N) is 1. The summed E-state index contributed by atoms with van der Waals surface area (Å²) in [7, 11) is -1.87. The smallest absolute Gasteiger partial charge is 0.242 e. The Bertz CT molecular complexity index is 508. The van der Waals surface area contributed by atoms with Gasteiger partial charge in [0.1, 0.15) is 0 Å². The van der Waals surface area contributed by atoms with Gasteiger partial charge in [0.05, 0.1) is 15.7 Å². The van der Waals surface area contributed by atoms with Crippen molar-refractivity contribution in [2.45, 2.75) is 43.7 Å². The number of halogens is 3. The van der Waals surface area contributed by atoms with Crippen molar-refractivity contribution in [2.24, 2.45) is 0 Å². The van der Waals surface area contributed by atoms with Gasteiger partial charge >= 0.3 is 6.18 Å². The molecule has 0 saturated heterocycles. The van der Waals surface area contributed by atoms with Crippen LogP contribution in [0.4, 0.5) is 13.2 Å². The first-order valence-corrected chi connectivity index (χ1v) is 7.62. The third kappa shape index (κ3) is 3.95. The van der Waals surface area contributed by atoms with Crippen LogP contribution in [0.5, 0.6) is 0 Å². The van der Waals surface area contributed by atoms with Crippen LogP contribution in [-0.2, 0) is 16.5 Å². The molecular formula is C15H20F3NOS. The van der Waals surface area contributed by atoms with E-state index in [0.717, 1.165) is 0 Å². The van der Waals surface area contributed by atoms with Crippen LogP contribution in [0.2, 0.25) is 0 Å². The highest BCUT2D eigenvalue weighted by Gasteiger charge is 2.56. The molecule has 1 unspecified atom stereocenters. The summed E-state index contributed by atoms with van der Waals surface area (Å²) in [4.78, 5) is 0. The van der Waals surface area contributed by atoms with Gasteiger partial charge in [0.25, 0.3) is 0 Å². The highest BCUT2D eigenvalue weighted by atomic mass is 32.2. The Kier molecular flexibility index (Phi) is 5.39. The van der Waals surface area contributed by atoms with Gasteiger partial charge < -0.3 is 0 Å². The molecule has 0 aliphatic heterocycles. The van der Waals surface area contributed by atoms with E-state index in [-0.39, 0.29) is 5.56 Å². The van der Waals surface area contributed by atoms with Crippen LogP contribution in [0.1, 0.15) is 32.8 Å². The molecule has 1 N–H and O–H groups in total. The van der Waals surface area contributed by atoms with E-state index in [0.29, 0.717) is 0 Å². The van der Waals surface area contributed by atoms with Crippen molar-refractivity contribution in [1.82, 2.24) is 4.72 Å². The summed E-state index contributed by atoms with van der Waals surface area (Å²) in [6, 6.07) is 7.45. The quantitative estimate of drug-likeness (QED) is 0.814. The van der Waals surface area contributed by atoms with Crippen LogP contribution >= 0.6 is 0 Å². The third-order valence-corrected chi connectivity index (χ3v) is 4.67. The molecule has 0 aliphatic rings. The lowest BCUT2D eigenvalue weighted by Crippen LogP contribution is -2.56. The van der Waals surface area contributed by atoms with Gasteiger partial charge in [-0.15, -0.1) is 6.58 Å². The highest BCUT2D eigenvalue weighted by Crippen LogP contribution is 2.42. The summed E-state index contributed by atoms with van der Waals surface area (Å²) in [5.41, 5.74) is -2.39. The Balaban J connectivity index is 3.40. The number of alkyl halides is 3. The molecule has 0 heterocycles. The molecule has 0 saturated carbocycles. The van der Waals surface area contributed by atoms with Crippen molar-refractivity contribution in [1.29, 1.82) is 0 Å². The Morgan fingerprint density at radius 2 is 1.71 bits per heavy atom. The maximum absolute atomic E-state index is 13.8. The third-order valence-electron chi connectivity index (χ3n) is 3.02. The zero-order valence-corrected chi connectivity index (χ0v) is 13.1. The van der Waals surface area contributed by atoms with Gasteiger partial charge in [-0.25, -0.2) is 8.93 Å². The lowest BCUT2D eigenvalue weighted by molar-refractivity contribution is -0.193. The summed E-state index contributed by atoms with van der Waals surface area (Å²) in [5.74, 6) is 0. The SMILES string of the molecule is C=CC[C@](NS(=O)C(C)(C)C)(c1ccccc1)C(F)(F)F. The molecule has 0 amide bonds. The molecule has 1 aromatic carbocycles. The van der Waals surface area contributed by atoms with E-state index in [9.17, 15) is 17.4 Å². The molecule has 21 heavy (non-hydrogen) atoms. The monoisotopic (exact) mass is 319 g/mol. The predicted octanol–water partition coefficient (Wildman–Crippen LogP) is 4.07. The average molecular weight is 319 g/mol. The zero-order chi connectivity index (χ0) is 16.3. The summed E-state index contributed by atoms with van der Waals surface area (Å²) >= 11 is 0. The lowest BCUT2D eigenvalue weighted by atomic mass is 9.87. The number of benzene rings is 1. The molecule has 118 valence electrons. The Morgan fingerprint density at radius 3 is 2.10 bits per heavy atom. The minimum absolute atomic E-state index is 0.0231. The Morgan fingerprint density at radius 1 is 1.19 bits per heavy atom. The minimum Gasteiger partial charge on any atom is -0.242 e. The van der Waals surface area contributed by atoms with Gasteiger partial charge in [-0.1, -0.05) is 36.4 Å². The fourth-order valence-corrected chi connectivity index (χ4v) is 2.75. The molecule has 0 radical (unpaired) electrons. The predicted molar refractivity (Wildman–Crippen MR) is 80.0 cm³/mol. The largest absolute Gasteiger partial charge is 0.411 e. The second-order valence-electron chi connectivity index (χ2n) is 5.75. The summed E-state index contributed by atoms with van der Waals surface area (Å²) in [6.45, 7) is 8.28. The normalized spacial score (nSPS) is 17.0. The zero-order valence-electron chi connectivity index (χ0n) is 12.3. The van der Waals surface area contributed by atoms with Crippen molar-refractivity contribution in [3.05, 3.63) is 48.6 Å². The van der Waals surface area contributed by atoms with Crippen LogP contribution in [0.3, 0.4) is 0 Å². The van der Waals surface area contributed by atoms with Crippen molar-refractivity contribution < 1.29 is 17.4 Å². The van der Waals surface area contributed by atoms with E-state index in [2.05, 4.69) is 11.3 Å². The van der Waals surface area contributed by atoms with Crippen molar-refractivity contribution in [3.63, 3.8) is 0 Å².